The molecular formula is C19H19N5O2. The number of hydrogen-bond acceptors (Lipinski definition) is 6. The number of aryl methyl sites for hydroxylation is 2. The maximum Gasteiger partial charge on any atom is 0.270 e. The van der Waals surface area contributed by atoms with Gasteiger partial charge in [0, 0.05) is 29.8 Å². The maximum atomic E-state index is 12.3. The molecule has 3 aromatic rings. The molecule has 0 fully saturated rings. The molecule has 7 nitrogen and oxygen atoms in total. The molecule has 0 spiro atoms. The van der Waals surface area contributed by atoms with Crippen molar-refractivity contribution in [2.75, 3.05) is 11.9 Å². The van der Waals surface area contributed by atoms with Crippen molar-refractivity contribution in [1.82, 2.24) is 20.4 Å². The second-order valence-electron chi connectivity index (χ2n) is 6.25. The Morgan fingerprint density at radius 3 is 2.73 bits per heavy atom. The fraction of sp³-hybridized carbons (Fsp3) is 0.263. The third-order valence-electron chi connectivity index (χ3n) is 4.53. The first-order valence-corrected chi connectivity index (χ1v) is 8.53. The third kappa shape index (κ3) is 2.92. The van der Waals surface area contributed by atoms with E-state index in [0.717, 1.165) is 28.1 Å². The Labute approximate surface area is 150 Å². The van der Waals surface area contributed by atoms with Gasteiger partial charge >= 0.3 is 0 Å². The quantitative estimate of drug-likeness (QED) is 0.752. The Bertz CT molecular complexity index is 946. The van der Waals surface area contributed by atoms with Gasteiger partial charge in [0.15, 0.2) is 5.82 Å². The Morgan fingerprint density at radius 2 is 2.00 bits per heavy atom. The van der Waals surface area contributed by atoms with Crippen LogP contribution < -0.4 is 10.6 Å². The van der Waals surface area contributed by atoms with Crippen LogP contribution in [0.2, 0.25) is 0 Å². The second-order valence-corrected chi connectivity index (χ2v) is 6.25. The zero-order valence-electron chi connectivity index (χ0n) is 14.7. The minimum atomic E-state index is -0.161. The van der Waals surface area contributed by atoms with Gasteiger partial charge in [-0.1, -0.05) is 35.5 Å². The van der Waals surface area contributed by atoms with Crippen molar-refractivity contribution in [3.8, 4) is 11.4 Å². The van der Waals surface area contributed by atoms with E-state index in [1.54, 1.807) is 0 Å². The molecule has 1 amide bonds. The molecule has 132 valence electrons. The lowest BCUT2D eigenvalue weighted by Crippen LogP contribution is -2.34. The third-order valence-corrected chi connectivity index (χ3v) is 4.53. The highest BCUT2D eigenvalue weighted by molar-refractivity contribution is 5.96. The van der Waals surface area contributed by atoms with Crippen LogP contribution in [0.3, 0.4) is 0 Å². The van der Waals surface area contributed by atoms with Crippen LogP contribution in [0.5, 0.6) is 0 Å². The molecule has 1 aliphatic heterocycles. The highest BCUT2D eigenvalue weighted by Crippen LogP contribution is 2.26. The number of nitrogens with zero attached hydrogens (tertiary/aromatic N) is 3. The van der Waals surface area contributed by atoms with Crippen LogP contribution in [0.15, 0.2) is 34.9 Å². The Hall–Kier alpha value is -3.22. The molecule has 1 aliphatic rings. The van der Waals surface area contributed by atoms with E-state index >= 15 is 0 Å². The number of anilines is 1. The van der Waals surface area contributed by atoms with E-state index in [1.165, 1.54) is 0 Å². The first-order chi connectivity index (χ1) is 12.6. The lowest BCUT2D eigenvalue weighted by Gasteiger charge is -2.20. The number of benzene rings is 1. The fourth-order valence-corrected chi connectivity index (χ4v) is 3.08. The van der Waals surface area contributed by atoms with Crippen molar-refractivity contribution in [2.45, 2.75) is 26.8 Å². The predicted molar refractivity (Wildman–Crippen MR) is 96.8 cm³/mol. The largest absolute Gasteiger partial charge is 0.365 e. The zero-order chi connectivity index (χ0) is 18.1. The molecule has 0 saturated carbocycles. The van der Waals surface area contributed by atoms with Crippen LogP contribution in [0.25, 0.3) is 11.4 Å². The molecule has 1 aromatic carbocycles. The van der Waals surface area contributed by atoms with Crippen molar-refractivity contribution in [3.05, 3.63) is 58.6 Å². The van der Waals surface area contributed by atoms with Gasteiger partial charge in [-0.3, -0.25) is 4.79 Å². The van der Waals surface area contributed by atoms with E-state index < -0.39 is 0 Å². The number of hydrogen-bond donors (Lipinski definition) is 2. The summed E-state index contributed by atoms with van der Waals surface area (Å²) in [6.07, 6.45) is 0.695. The smallest absolute Gasteiger partial charge is 0.270 e. The SMILES string of the molecule is Cc1noc(C)c1CNc1nc(-c2ccccc2)nc2c1CCNC2=O. The van der Waals surface area contributed by atoms with Crippen LogP contribution in [-0.4, -0.2) is 27.6 Å². The van der Waals surface area contributed by atoms with Crippen LogP contribution in [-0.2, 0) is 13.0 Å². The summed E-state index contributed by atoms with van der Waals surface area (Å²) in [7, 11) is 0. The summed E-state index contributed by atoms with van der Waals surface area (Å²) in [5, 5.41) is 10.2. The average Bonchev–Trinajstić information content (AvgIpc) is 2.99. The number of aromatic nitrogens is 3. The fourth-order valence-electron chi connectivity index (χ4n) is 3.08. The predicted octanol–water partition coefficient (Wildman–Crippen LogP) is 2.65. The first kappa shape index (κ1) is 16.3. The molecule has 0 unspecified atom stereocenters. The van der Waals surface area contributed by atoms with Gasteiger partial charge in [-0.2, -0.15) is 0 Å². The minimum absolute atomic E-state index is 0.161. The molecular weight excluding hydrogens is 330 g/mol. The minimum Gasteiger partial charge on any atom is -0.365 e. The standard InChI is InChI=1S/C19H19N5O2/c1-11-15(12(2)26-24-11)10-21-18-14-8-9-20-19(25)16(14)22-17(23-18)13-6-4-3-5-7-13/h3-7H,8-10H2,1-2H3,(H,20,25)(H,21,22,23). The first-order valence-electron chi connectivity index (χ1n) is 8.53. The molecule has 0 atom stereocenters. The normalized spacial score (nSPS) is 13.2. The van der Waals surface area contributed by atoms with Gasteiger partial charge in [-0.25, -0.2) is 9.97 Å². The Balaban J connectivity index is 1.75. The molecule has 7 heteroatoms. The van der Waals surface area contributed by atoms with E-state index in [1.807, 2.05) is 44.2 Å². The lowest BCUT2D eigenvalue weighted by molar-refractivity contribution is 0.0940. The van der Waals surface area contributed by atoms with Crippen molar-refractivity contribution in [1.29, 1.82) is 0 Å². The number of rotatable bonds is 4. The van der Waals surface area contributed by atoms with Gasteiger partial charge in [0.2, 0.25) is 0 Å². The van der Waals surface area contributed by atoms with Crippen molar-refractivity contribution in [3.63, 3.8) is 0 Å². The van der Waals surface area contributed by atoms with Crippen molar-refractivity contribution in [2.24, 2.45) is 0 Å². The summed E-state index contributed by atoms with van der Waals surface area (Å²) in [5.74, 6) is 1.83. The van der Waals surface area contributed by atoms with Crippen LogP contribution in [0.4, 0.5) is 5.82 Å². The van der Waals surface area contributed by atoms with Gasteiger partial charge < -0.3 is 15.2 Å². The van der Waals surface area contributed by atoms with Crippen molar-refractivity contribution >= 4 is 11.7 Å². The zero-order valence-corrected chi connectivity index (χ0v) is 14.7. The molecule has 2 aromatic heterocycles. The number of carbonyl (C=O) groups is 1. The molecule has 0 aliphatic carbocycles. The topological polar surface area (TPSA) is 92.9 Å². The Morgan fingerprint density at radius 1 is 1.19 bits per heavy atom. The molecule has 3 heterocycles. The highest BCUT2D eigenvalue weighted by Gasteiger charge is 2.24. The van der Waals surface area contributed by atoms with E-state index in [0.29, 0.717) is 36.8 Å². The van der Waals surface area contributed by atoms with Gasteiger partial charge in [0.1, 0.15) is 17.3 Å². The molecule has 2 N–H and O–H groups in total. The van der Waals surface area contributed by atoms with Crippen LogP contribution in [0.1, 0.15) is 33.1 Å². The van der Waals surface area contributed by atoms with E-state index in [-0.39, 0.29) is 5.91 Å². The maximum absolute atomic E-state index is 12.3. The van der Waals surface area contributed by atoms with E-state index in [9.17, 15) is 4.79 Å². The number of nitrogens with one attached hydrogen (secondary N) is 2. The summed E-state index contributed by atoms with van der Waals surface area (Å²) in [6.45, 7) is 4.90. The lowest BCUT2D eigenvalue weighted by atomic mass is 10.1. The number of fused-ring (bicyclic) bond motifs is 1. The van der Waals surface area contributed by atoms with Crippen LogP contribution >= 0.6 is 0 Å². The summed E-state index contributed by atoms with van der Waals surface area (Å²) in [5.41, 5.74) is 4.00. The van der Waals surface area contributed by atoms with Gasteiger partial charge in [-0.15, -0.1) is 0 Å². The summed E-state index contributed by atoms with van der Waals surface area (Å²) in [6, 6.07) is 9.65. The molecule has 26 heavy (non-hydrogen) atoms. The monoisotopic (exact) mass is 349 g/mol. The molecule has 4 rings (SSSR count). The van der Waals surface area contributed by atoms with E-state index in [2.05, 4.69) is 20.8 Å². The highest BCUT2D eigenvalue weighted by atomic mass is 16.5. The van der Waals surface area contributed by atoms with Gasteiger partial charge in [-0.05, 0) is 20.3 Å². The summed E-state index contributed by atoms with van der Waals surface area (Å²) < 4.78 is 5.22. The molecule has 0 saturated heterocycles. The van der Waals surface area contributed by atoms with Crippen molar-refractivity contribution < 1.29 is 9.32 Å². The number of amides is 1. The molecule has 0 bridgehead atoms. The van der Waals surface area contributed by atoms with Gasteiger partial charge in [0.25, 0.3) is 5.91 Å². The molecule has 0 radical (unpaired) electrons. The summed E-state index contributed by atoms with van der Waals surface area (Å²) >= 11 is 0. The van der Waals surface area contributed by atoms with E-state index in [4.69, 9.17) is 9.51 Å². The van der Waals surface area contributed by atoms with Gasteiger partial charge in [0.05, 0.1) is 5.69 Å². The average molecular weight is 349 g/mol. The van der Waals surface area contributed by atoms with Crippen LogP contribution in [0, 0.1) is 13.8 Å². The summed E-state index contributed by atoms with van der Waals surface area (Å²) in [4.78, 5) is 21.5. The Kier molecular flexibility index (Phi) is 4.12. The number of carbonyl (C=O) groups excluding carboxylic acids is 1. The second kappa shape index (κ2) is 6.59.